The average Bonchev–Trinajstić information content (AvgIpc) is 3.36. The Morgan fingerprint density at radius 1 is 1.30 bits per heavy atom. The van der Waals surface area contributed by atoms with E-state index in [0.717, 1.165) is 48.9 Å². The molecule has 1 saturated heterocycles. The van der Waals surface area contributed by atoms with Crippen LogP contribution in [-0.4, -0.2) is 40.0 Å². The number of ether oxygens (including phenoxy) is 1. The van der Waals surface area contributed by atoms with Crippen molar-refractivity contribution in [2.24, 2.45) is 5.92 Å². The molecule has 0 aromatic carbocycles. The first kappa shape index (κ1) is 21.8. The summed E-state index contributed by atoms with van der Waals surface area (Å²) in [4.78, 5) is 33.2. The second kappa shape index (κ2) is 9.40. The van der Waals surface area contributed by atoms with E-state index in [0.29, 0.717) is 24.2 Å². The minimum atomic E-state index is -0.321. The molecule has 30 heavy (non-hydrogen) atoms. The van der Waals surface area contributed by atoms with Crippen LogP contribution in [0.25, 0.3) is 10.2 Å². The van der Waals surface area contributed by atoms with E-state index in [1.54, 1.807) is 15.9 Å². The Kier molecular flexibility index (Phi) is 6.85. The standard InChI is InChI=1S/C22H31N3O3S2/c1-13(2)11-23-19(26)14(3)29-22-24-20-18(16-8-4-5-9-17(16)30-20)21(27)25(22)12-15-7-6-10-28-15/h13-15H,4-12H2,1-3H3,(H,23,26). The van der Waals surface area contributed by atoms with Crippen molar-refractivity contribution >= 4 is 39.2 Å². The second-order valence-electron chi connectivity index (χ2n) is 8.74. The van der Waals surface area contributed by atoms with E-state index in [4.69, 9.17) is 9.72 Å². The highest BCUT2D eigenvalue weighted by Gasteiger charge is 2.26. The number of carbonyl (C=O) groups excluding carboxylic acids is 1. The van der Waals surface area contributed by atoms with Gasteiger partial charge in [-0.2, -0.15) is 0 Å². The molecule has 1 aliphatic carbocycles. The summed E-state index contributed by atoms with van der Waals surface area (Å²) in [6, 6.07) is 0. The maximum atomic E-state index is 13.6. The van der Waals surface area contributed by atoms with Crippen LogP contribution in [0.3, 0.4) is 0 Å². The number of hydrogen-bond acceptors (Lipinski definition) is 6. The molecule has 2 aliphatic rings. The van der Waals surface area contributed by atoms with Gasteiger partial charge in [-0.1, -0.05) is 25.6 Å². The highest BCUT2D eigenvalue weighted by Crippen LogP contribution is 2.35. The Bertz CT molecular complexity index is 976. The molecule has 3 heterocycles. The Labute approximate surface area is 185 Å². The summed E-state index contributed by atoms with van der Waals surface area (Å²) < 4.78 is 7.59. The van der Waals surface area contributed by atoms with Gasteiger partial charge < -0.3 is 10.1 Å². The van der Waals surface area contributed by atoms with Gasteiger partial charge in [0.2, 0.25) is 5.91 Å². The first-order valence-electron chi connectivity index (χ1n) is 11.0. The van der Waals surface area contributed by atoms with Crippen LogP contribution >= 0.6 is 23.1 Å². The van der Waals surface area contributed by atoms with Gasteiger partial charge in [0, 0.05) is 18.0 Å². The maximum Gasteiger partial charge on any atom is 0.263 e. The normalized spacial score (nSPS) is 19.9. The van der Waals surface area contributed by atoms with Crippen molar-refractivity contribution < 1.29 is 9.53 Å². The van der Waals surface area contributed by atoms with Gasteiger partial charge in [-0.15, -0.1) is 11.3 Å². The molecule has 2 aromatic heterocycles. The molecule has 1 aliphatic heterocycles. The van der Waals surface area contributed by atoms with Gasteiger partial charge in [0.25, 0.3) is 5.56 Å². The zero-order chi connectivity index (χ0) is 21.3. The molecule has 0 radical (unpaired) electrons. The number of fused-ring (bicyclic) bond motifs is 3. The summed E-state index contributed by atoms with van der Waals surface area (Å²) in [5.74, 6) is 0.382. The van der Waals surface area contributed by atoms with Gasteiger partial charge in [-0.3, -0.25) is 14.2 Å². The molecule has 0 spiro atoms. The van der Waals surface area contributed by atoms with Crippen LogP contribution in [-0.2, 0) is 28.9 Å². The summed E-state index contributed by atoms with van der Waals surface area (Å²) in [5, 5.41) is 4.10. The monoisotopic (exact) mass is 449 g/mol. The van der Waals surface area contributed by atoms with Gasteiger partial charge in [0.05, 0.1) is 23.3 Å². The van der Waals surface area contributed by atoms with Gasteiger partial charge in [0.15, 0.2) is 5.16 Å². The summed E-state index contributed by atoms with van der Waals surface area (Å²) in [6.45, 7) is 7.94. The number of nitrogens with one attached hydrogen (secondary N) is 1. The van der Waals surface area contributed by atoms with E-state index in [1.807, 2.05) is 6.92 Å². The second-order valence-corrected chi connectivity index (χ2v) is 11.1. The molecule has 8 heteroatoms. The van der Waals surface area contributed by atoms with Gasteiger partial charge in [0.1, 0.15) is 4.83 Å². The third kappa shape index (κ3) is 4.60. The van der Waals surface area contributed by atoms with Crippen molar-refractivity contribution in [1.29, 1.82) is 0 Å². The summed E-state index contributed by atoms with van der Waals surface area (Å²) in [6.07, 6.45) is 6.35. The van der Waals surface area contributed by atoms with E-state index in [-0.39, 0.29) is 22.8 Å². The number of aryl methyl sites for hydroxylation is 2. The molecule has 164 valence electrons. The van der Waals surface area contributed by atoms with Crippen molar-refractivity contribution in [2.75, 3.05) is 13.2 Å². The molecular formula is C22H31N3O3S2. The highest BCUT2D eigenvalue weighted by atomic mass is 32.2. The Balaban J connectivity index is 1.69. The van der Waals surface area contributed by atoms with E-state index in [2.05, 4.69) is 19.2 Å². The lowest BCUT2D eigenvalue weighted by Crippen LogP contribution is -2.35. The molecule has 0 saturated carbocycles. The number of hydrogen-bond donors (Lipinski definition) is 1. The number of amides is 1. The van der Waals surface area contributed by atoms with E-state index < -0.39 is 0 Å². The number of carbonyl (C=O) groups is 1. The molecule has 4 rings (SSSR count). The maximum absolute atomic E-state index is 13.6. The molecule has 0 bridgehead atoms. The average molecular weight is 450 g/mol. The smallest absolute Gasteiger partial charge is 0.263 e. The Morgan fingerprint density at radius 3 is 2.83 bits per heavy atom. The van der Waals surface area contributed by atoms with E-state index in [9.17, 15) is 9.59 Å². The molecular weight excluding hydrogens is 418 g/mol. The quantitative estimate of drug-likeness (QED) is 0.515. The van der Waals surface area contributed by atoms with Crippen LogP contribution in [0.2, 0.25) is 0 Å². The summed E-state index contributed by atoms with van der Waals surface area (Å²) in [5.41, 5.74) is 1.24. The van der Waals surface area contributed by atoms with E-state index >= 15 is 0 Å². The molecule has 2 atom stereocenters. The number of thiophene rings is 1. The van der Waals surface area contributed by atoms with Crippen molar-refractivity contribution in [3.63, 3.8) is 0 Å². The number of nitrogens with zero attached hydrogens (tertiary/aromatic N) is 2. The van der Waals surface area contributed by atoms with Crippen molar-refractivity contribution in [3.8, 4) is 0 Å². The lowest BCUT2D eigenvalue weighted by Gasteiger charge is -2.18. The molecule has 2 unspecified atom stereocenters. The van der Waals surface area contributed by atoms with Gasteiger partial charge in [-0.25, -0.2) is 4.98 Å². The predicted octanol–water partition coefficient (Wildman–Crippen LogP) is 3.77. The first-order chi connectivity index (χ1) is 14.4. The largest absolute Gasteiger partial charge is 0.376 e. The Hall–Kier alpha value is -1.38. The van der Waals surface area contributed by atoms with Gasteiger partial charge in [-0.05, 0) is 56.9 Å². The highest BCUT2D eigenvalue weighted by molar-refractivity contribution is 8.00. The fourth-order valence-corrected chi connectivity index (χ4v) is 6.37. The minimum absolute atomic E-state index is 0.0165. The number of rotatable bonds is 7. The van der Waals surface area contributed by atoms with Crippen LogP contribution in [0.5, 0.6) is 0 Å². The first-order valence-corrected chi connectivity index (χ1v) is 12.7. The van der Waals surface area contributed by atoms with Crippen LogP contribution < -0.4 is 10.9 Å². The topological polar surface area (TPSA) is 73.2 Å². The third-order valence-electron chi connectivity index (χ3n) is 5.79. The third-order valence-corrected chi connectivity index (χ3v) is 8.06. The van der Waals surface area contributed by atoms with Gasteiger partial charge >= 0.3 is 0 Å². The molecule has 1 fully saturated rings. The molecule has 1 N–H and O–H groups in total. The Morgan fingerprint density at radius 2 is 2.10 bits per heavy atom. The van der Waals surface area contributed by atoms with Crippen molar-refractivity contribution in [3.05, 3.63) is 20.8 Å². The van der Waals surface area contributed by atoms with Crippen LogP contribution in [0, 0.1) is 5.92 Å². The van der Waals surface area contributed by atoms with Crippen LogP contribution in [0.1, 0.15) is 56.9 Å². The van der Waals surface area contributed by atoms with Crippen molar-refractivity contribution in [2.45, 2.75) is 82.4 Å². The van der Waals surface area contributed by atoms with Crippen LogP contribution in [0.4, 0.5) is 0 Å². The molecule has 2 aromatic rings. The summed E-state index contributed by atoms with van der Waals surface area (Å²) >= 11 is 3.04. The van der Waals surface area contributed by atoms with Crippen LogP contribution in [0.15, 0.2) is 9.95 Å². The predicted molar refractivity (Wildman–Crippen MR) is 123 cm³/mol. The summed E-state index contributed by atoms with van der Waals surface area (Å²) in [7, 11) is 0. The lowest BCUT2D eigenvalue weighted by atomic mass is 9.97. The SMILES string of the molecule is CC(C)CNC(=O)C(C)Sc1nc2sc3c(c2c(=O)n1CC1CCCO1)CCCC3. The minimum Gasteiger partial charge on any atom is -0.376 e. The fourth-order valence-electron chi connectivity index (χ4n) is 4.12. The number of thioether (sulfide) groups is 1. The van der Waals surface area contributed by atoms with Crippen molar-refractivity contribution in [1.82, 2.24) is 14.9 Å². The van der Waals surface area contributed by atoms with E-state index in [1.165, 1.54) is 28.6 Å². The fraction of sp³-hybridized carbons (Fsp3) is 0.682. The lowest BCUT2D eigenvalue weighted by molar-refractivity contribution is -0.120. The molecule has 6 nitrogen and oxygen atoms in total. The molecule has 1 amide bonds. The zero-order valence-electron chi connectivity index (χ0n) is 18.0. The number of aromatic nitrogens is 2. The zero-order valence-corrected chi connectivity index (χ0v) is 19.7.